The topological polar surface area (TPSA) is 12.0 Å². The minimum atomic E-state index is -0.105. The molecule has 2 unspecified atom stereocenters. The molecule has 2 heteroatoms. The molecule has 2 aromatic rings. The lowest BCUT2D eigenvalue weighted by Crippen LogP contribution is -2.30. The second kappa shape index (κ2) is 6.40. The number of hydrogen-bond donors (Lipinski definition) is 1. The van der Waals surface area contributed by atoms with Gasteiger partial charge in [-0.15, -0.1) is 0 Å². The van der Waals surface area contributed by atoms with Crippen molar-refractivity contribution in [1.29, 1.82) is 0 Å². The maximum atomic E-state index is 14.3. The maximum Gasteiger partial charge on any atom is 0.128 e. The molecule has 2 atom stereocenters. The van der Waals surface area contributed by atoms with Crippen LogP contribution < -0.4 is 5.32 Å². The molecule has 1 nitrogen and oxygen atoms in total. The first-order chi connectivity index (χ1) is 10.3. The van der Waals surface area contributed by atoms with Gasteiger partial charge in [0, 0.05) is 17.5 Å². The first-order valence-corrected chi connectivity index (χ1v) is 7.87. The summed E-state index contributed by atoms with van der Waals surface area (Å²) in [6, 6.07) is 15.9. The Balaban J connectivity index is 2.01. The molecule has 2 aromatic carbocycles. The highest BCUT2D eigenvalue weighted by Gasteiger charge is 2.29. The van der Waals surface area contributed by atoms with Crippen molar-refractivity contribution in [2.75, 3.05) is 6.54 Å². The first-order valence-electron chi connectivity index (χ1n) is 7.87. The van der Waals surface area contributed by atoms with E-state index >= 15 is 0 Å². The van der Waals surface area contributed by atoms with Crippen LogP contribution in [-0.4, -0.2) is 6.54 Å². The van der Waals surface area contributed by atoms with Crippen molar-refractivity contribution in [3.8, 4) is 0 Å². The molecule has 0 bridgehead atoms. The highest BCUT2D eigenvalue weighted by atomic mass is 19.1. The van der Waals surface area contributed by atoms with Crippen molar-refractivity contribution in [1.82, 2.24) is 5.32 Å². The smallest absolute Gasteiger partial charge is 0.128 e. The second-order valence-electron chi connectivity index (χ2n) is 5.75. The van der Waals surface area contributed by atoms with Gasteiger partial charge in [-0.3, -0.25) is 0 Å². The lowest BCUT2D eigenvalue weighted by molar-refractivity contribution is 0.396. The zero-order valence-corrected chi connectivity index (χ0v) is 12.5. The molecule has 0 aliphatic heterocycles. The van der Waals surface area contributed by atoms with Gasteiger partial charge in [-0.1, -0.05) is 49.4 Å². The molecule has 0 heterocycles. The van der Waals surface area contributed by atoms with Crippen LogP contribution in [0.5, 0.6) is 0 Å². The zero-order valence-electron chi connectivity index (χ0n) is 12.5. The number of rotatable bonds is 4. The average molecular weight is 283 g/mol. The van der Waals surface area contributed by atoms with E-state index in [0.717, 1.165) is 24.9 Å². The number of aryl methyl sites for hydroxylation is 1. The van der Waals surface area contributed by atoms with Crippen LogP contribution in [0.15, 0.2) is 48.5 Å². The van der Waals surface area contributed by atoms with Gasteiger partial charge in [0.25, 0.3) is 0 Å². The summed E-state index contributed by atoms with van der Waals surface area (Å²) in [5.41, 5.74) is 3.60. The fraction of sp³-hybridized carbons (Fsp3) is 0.368. The second-order valence-corrected chi connectivity index (χ2v) is 5.75. The Morgan fingerprint density at radius 3 is 2.71 bits per heavy atom. The summed E-state index contributed by atoms with van der Waals surface area (Å²) in [4.78, 5) is 0. The number of benzene rings is 2. The monoisotopic (exact) mass is 283 g/mol. The van der Waals surface area contributed by atoms with E-state index in [9.17, 15) is 4.39 Å². The van der Waals surface area contributed by atoms with E-state index in [1.54, 1.807) is 12.1 Å². The van der Waals surface area contributed by atoms with E-state index in [4.69, 9.17) is 0 Å². The van der Waals surface area contributed by atoms with Gasteiger partial charge in [0.15, 0.2) is 0 Å². The van der Waals surface area contributed by atoms with E-state index in [1.165, 1.54) is 17.5 Å². The average Bonchev–Trinajstić information content (AvgIpc) is 2.53. The normalized spacial score (nSPS) is 19.0. The summed E-state index contributed by atoms with van der Waals surface area (Å²) in [5.74, 6) is 0.248. The molecule has 0 saturated carbocycles. The summed E-state index contributed by atoms with van der Waals surface area (Å²) in [5, 5.41) is 3.51. The molecule has 21 heavy (non-hydrogen) atoms. The fourth-order valence-electron chi connectivity index (χ4n) is 3.55. The van der Waals surface area contributed by atoms with E-state index in [-0.39, 0.29) is 11.9 Å². The molecule has 0 saturated heterocycles. The number of fused-ring (bicyclic) bond motifs is 1. The molecule has 0 spiro atoms. The molecule has 0 fully saturated rings. The third kappa shape index (κ3) is 2.86. The fourth-order valence-corrected chi connectivity index (χ4v) is 3.55. The van der Waals surface area contributed by atoms with Crippen molar-refractivity contribution in [3.05, 3.63) is 71.0 Å². The van der Waals surface area contributed by atoms with Crippen LogP contribution in [0.4, 0.5) is 4.39 Å². The van der Waals surface area contributed by atoms with Crippen molar-refractivity contribution in [2.45, 2.75) is 38.1 Å². The minimum absolute atomic E-state index is 0.0534. The summed E-state index contributed by atoms with van der Waals surface area (Å²) >= 11 is 0. The largest absolute Gasteiger partial charge is 0.310 e. The molecule has 0 amide bonds. The highest BCUT2D eigenvalue weighted by Crippen LogP contribution is 2.40. The third-order valence-electron chi connectivity index (χ3n) is 4.48. The Labute approximate surface area is 126 Å². The summed E-state index contributed by atoms with van der Waals surface area (Å²) in [7, 11) is 0. The summed E-state index contributed by atoms with van der Waals surface area (Å²) in [6.07, 6.45) is 3.43. The van der Waals surface area contributed by atoms with Gasteiger partial charge < -0.3 is 5.32 Å². The van der Waals surface area contributed by atoms with Gasteiger partial charge in [0.2, 0.25) is 0 Å². The van der Waals surface area contributed by atoms with Crippen LogP contribution in [0.25, 0.3) is 0 Å². The van der Waals surface area contributed by atoms with Gasteiger partial charge in [-0.05, 0) is 43.0 Å². The van der Waals surface area contributed by atoms with E-state index in [1.807, 2.05) is 12.1 Å². The van der Waals surface area contributed by atoms with E-state index in [2.05, 4.69) is 36.5 Å². The standard InChI is InChI=1S/C19H22FN/c1-2-21-19(17-11-5-6-13-18(17)20)16-12-7-9-14-8-3-4-10-15(14)16/h3-6,8,10-11,13,16,19,21H,2,7,9,12H2,1H3. The SMILES string of the molecule is CCNC(c1ccccc1F)C1CCCc2ccccc21. The number of nitrogens with one attached hydrogen (secondary N) is 1. The molecule has 1 aliphatic carbocycles. The molecule has 0 aromatic heterocycles. The van der Waals surface area contributed by atoms with Crippen LogP contribution in [0.2, 0.25) is 0 Å². The van der Waals surface area contributed by atoms with Crippen LogP contribution >= 0.6 is 0 Å². The molecule has 0 radical (unpaired) electrons. The lowest BCUT2D eigenvalue weighted by Gasteiger charge is -2.33. The number of halogens is 1. The zero-order chi connectivity index (χ0) is 14.7. The van der Waals surface area contributed by atoms with Crippen molar-refractivity contribution in [3.63, 3.8) is 0 Å². The number of hydrogen-bond acceptors (Lipinski definition) is 1. The van der Waals surface area contributed by atoms with Crippen LogP contribution in [0, 0.1) is 5.82 Å². The molecule has 3 rings (SSSR count). The Morgan fingerprint density at radius 2 is 1.90 bits per heavy atom. The third-order valence-corrected chi connectivity index (χ3v) is 4.48. The van der Waals surface area contributed by atoms with Crippen LogP contribution in [0.1, 0.15) is 48.4 Å². The van der Waals surface area contributed by atoms with Crippen molar-refractivity contribution >= 4 is 0 Å². The van der Waals surface area contributed by atoms with E-state index < -0.39 is 0 Å². The van der Waals surface area contributed by atoms with Gasteiger partial charge in [-0.2, -0.15) is 0 Å². The maximum absolute atomic E-state index is 14.3. The van der Waals surface area contributed by atoms with Gasteiger partial charge >= 0.3 is 0 Å². The molecule has 1 aliphatic rings. The van der Waals surface area contributed by atoms with Crippen LogP contribution in [0.3, 0.4) is 0 Å². The van der Waals surface area contributed by atoms with E-state index in [0.29, 0.717) is 5.92 Å². The van der Waals surface area contributed by atoms with Gasteiger partial charge in [-0.25, -0.2) is 4.39 Å². The Kier molecular flexibility index (Phi) is 4.35. The number of likely N-dealkylation sites (N-methyl/N-ethyl adjacent to an activating group) is 1. The molecule has 110 valence electrons. The predicted octanol–water partition coefficient (Wildman–Crippen LogP) is 4.60. The molecule has 1 N–H and O–H groups in total. The summed E-state index contributed by atoms with van der Waals surface area (Å²) < 4.78 is 14.3. The highest BCUT2D eigenvalue weighted by molar-refractivity contribution is 5.36. The predicted molar refractivity (Wildman–Crippen MR) is 84.9 cm³/mol. The van der Waals surface area contributed by atoms with Crippen molar-refractivity contribution < 1.29 is 4.39 Å². The Bertz CT molecular complexity index is 608. The first kappa shape index (κ1) is 14.3. The quantitative estimate of drug-likeness (QED) is 0.865. The lowest BCUT2D eigenvalue weighted by atomic mass is 9.76. The Morgan fingerprint density at radius 1 is 1.14 bits per heavy atom. The Hall–Kier alpha value is -1.67. The van der Waals surface area contributed by atoms with Crippen LogP contribution in [-0.2, 0) is 6.42 Å². The minimum Gasteiger partial charge on any atom is -0.310 e. The molecular formula is C19H22FN. The van der Waals surface area contributed by atoms with Gasteiger partial charge in [0.05, 0.1) is 0 Å². The van der Waals surface area contributed by atoms with Crippen molar-refractivity contribution in [2.24, 2.45) is 0 Å². The van der Waals surface area contributed by atoms with Gasteiger partial charge in [0.1, 0.15) is 5.82 Å². The molecular weight excluding hydrogens is 261 g/mol. The summed E-state index contributed by atoms with van der Waals surface area (Å²) in [6.45, 7) is 2.93.